The van der Waals surface area contributed by atoms with E-state index in [1.54, 1.807) is 13.2 Å². The van der Waals surface area contributed by atoms with Gasteiger partial charge in [0, 0.05) is 24.0 Å². The van der Waals surface area contributed by atoms with Crippen LogP contribution in [-0.4, -0.2) is 23.9 Å². The number of pyridine rings is 1. The summed E-state index contributed by atoms with van der Waals surface area (Å²) >= 11 is 0. The van der Waals surface area contributed by atoms with Gasteiger partial charge in [-0.1, -0.05) is 24.3 Å². The van der Waals surface area contributed by atoms with Crippen LogP contribution < -0.4 is 15.4 Å². The zero-order valence-electron chi connectivity index (χ0n) is 16.7. The maximum Gasteiger partial charge on any atom is 0.274 e. The predicted molar refractivity (Wildman–Crippen MR) is 112 cm³/mol. The number of carbonyl (C=O) groups excluding carboxylic acids is 2. The van der Waals surface area contributed by atoms with Gasteiger partial charge in [0.1, 0.15) is 11.4 Å². The average molecular weight is 389 g/mol. The second kappa shape index (κ2) is 9.01. The Balaban J connectivity index is 1.66. The highest BCUT2D eigenvalue weighted by molar-refractivity contribution is 6.05. The van der Waals surface area contributed by atoms with Crippen LogP contribution >= 0.6 is 0 Å². The number of aromatic nitrogens is 1. The van der Waals surface area contributed by atoms with E-state index in [1.165, 1.54) is 12.3 Å². The van der Waals surface area contributed by atoms with Crippen molar-refractivity contribution in [3.8, 4) is 5.75 Å². The van der Waals surface area contributed by atoms with Gasteiger partial charge in [0.25, 0.3) is 11.8 Å². The molecule has 29 heavy (non-hydrogen) atoms. The minimum absolute atomic E-state index is 0.183. The van der Waals surface area contributed by atoms with E-state index in [9.17, 15) is 9.59 Å². The summed E-state index contributed by atoms with van der Waals surface area (Å²) in [7, 11) is 1.61. The maximum absolute atomic E-state index is 12.6. The predicted octanol–water partition coefficient (Wildman–Crippen LogP) is 3.89. The first-order valence-corrected chi connectivity index (χ1v) is 9.22. The van der Waals surface area contributed by atoms with E-state index >= 15 is 0 Å². The van der Waals surface area contributed by atoms with Crippen molar-refractivity contribution in [3.63, 3.8) is 0 Å². The molecule has 0 bridgehead atoms. The number of amides is 2. The summed E-state index contributed by atoms with van der Waals surface area (Å²) in [4.78, 5) is 29.2. The molecular weight excluding hydrogens is 366 g/mol. The summed E-state index contributed by atoms with van der Waals surface area (Å²) in [5, 5.41) is 5.70. The van der Waals surface area contributed by atoms with Crippen molar-refractivity contribution in [1.82, 2.24) is 10.3 Å². The molecule has 3 rings (SSSR count). The molecular formula is C23H23N3O3. The summed E-state index contributed by atoms with van der Waals surface area (Å²) in [5.41, 5.74) is 4.31. The molecule has 0 aliphatic rings. The number of carbonyl (C=O) groups is 2. The number of benzene rings is 2. The number of rotatable bonds is 6. The first kappa shape index (κ1) is 20.1. The first-order valence-electron chi connectivity index (χ1n) is 9.22. The second-order valence-corrected chi connectivity index (χ2v) is 6.66. The zero-order valence-corrected chi connectivity index (χ0v) is 16.7. The summed E-state index contributed by atoms with van der Waals surface area (Å²) in [5.74, 6) is 0.126. The highest BCUT2D eigenvalue weighted by Crippen LogP contribution is 2.19. The molecule has 3 aromatic rings. The molecule has 1 aromatic heterocycles. The lowest BCUT2D eigenvalue weighted by Crippen LogP contribution is -2.23. The van der Waals surface area contributed by atoms with Crippen molar-refractivity contribution >= 4 is 17.5 Å². The SMILES string of the molecule is COc1ccc(CNC(=O)c2ccnc(C(=O)Nc3cccc(C)c3C)c2)cc1. The highest BCUT2D eigenvalue weighted by atomic mass is 16.5. The minimum atomic E-state index is -0.358. The lowest BCUT2D eigenvalue weighted by atomic mass is 10.1. The number of hydrogen-bond acceptors (Lipinski definition) is 4. The van der Waals surface area contributed by atoms with Gasteiger partial charge in [-0.25, -0.2) is 0 Å². The largest absolute Gasteiger partial charge is 0.497 e. The van der Waals surface area contributed by atoms with E-state index in [-0.39, 0.29) is 17.5 Å². The van der Waals surface area contributed by atoms with Crippen LogP contribution in [0.1, 0.15) is 37.5 Å². The van der Waals surface area contributed by atoms with Gasteiger partial charge in [-0.2, -0.15) is 0 Å². The van der Waals surface area contributed by atoms with Crippen molar-refractivity contribution in [3.05, 3.63) is 88.7 Å². The van der Waals surface area contributed by atoms with Crippen LogP contribution in [0, 0.1) is 13.8 Å². The van der Waals surface area contributed by atoms with Crippen LogP contribution in [0.15, 0.2) is 60.8 Å². The second-order valence-electron chi connectivity index (χ2n) is 6.66. The fourth-order valence-corrected chi connectivity index (χ4v) is 2.80. The van der Waals surface area contributed by atoms with Gasteiger partial charge in [0.2, 0.25) is 0 Å². The third-order valence-corrected chi connectivity index (χ3v) is 4.72. The van der Waals surface area contributed by atoms with Crippen LogP contribution in [-0.2, 0) is 6.54 Å². The molecule has 0 saturated carbocycles. The van der Waals surface area contributed by atoms with Gasteiger partial charge in [-0.3, -0.25) is 14.6 Å². The van der Waals surface area contributed by atoms with Crippen molar-refractivity contribution in [2.45, 2.75) is 20.4 Å². The fourth-order valence-electron chi connectivity index (χ4n) is 2.80. The Hall–Kier alpha value is -3.67. The maximum atomic E-state index is 12.6. The van der Waals surface area contributed by atoms with Crippen LogP contribution in [0.5, 0.6) is 5.75 Å². The molecule has 1 heterocycles. The van der Waals surface area contributed by atoms with Crippen LogP contribution in [0.3, 0.4) is 0 Å². The van der Waals surface area contributed by atoms with E-state index in [2.05, 4.69) is 15.6 Å². The van der Waals surface area contributed by atoms with E-state index in [1.807, 2.05) is 56.3 Å². The molecule has 0 atom stereocenters. The Bertz CT molecular complexity index is 1030. The molecule has 6 heteroatoms. The topological polar surface area (TPSA) is 80.3 Å². The van der Waals surface area contributed by atoms with E-state index in [0.29, 0.717) is 12.1 Å². The molecule has 2 N–H and O–H groups in total. The smallest absolute Gasteiger partial charge is 0.274 e. The third kappa shape index (κ3) is 4.99. The summed E-state index contributed by atoms with van der Waals surface area (Å²) < 4.78 is 5.12. The number of nitrogens with one attached hydrogen (secondary N) is 2. The van der Waals surface area contributed by atoms with Gasteiger partial charge in [-0.05, 0) is 60.9 Å². The molecule has 6 nitrogen and oxygen atoms in total. The molecule has 0 aliphatic heterocycles. The summed E-state index contributed by atoms with van der Waals surface area (Å²) in [6, 6.07) is 16.2. The average Bonchev–Trinajstić information content (AvgIpc) is 2.75. The van der Waals surface area contributed by atoms with Crippen LogP contribution in [0.4, 0.5) is 5.69 Å². The number of nitrogens with zero attached hydrogens (tertiary/aromatic N) is 1. The zero-order chi connectivity index (χ0) is 20.8. The number of ether oxygens (including phenoxy) is 1. The molecule has 0 saturated heterocycles. The van der Waals surface area contributed by atoms with E-state index < -0.39 is 0 Å². The lowest BCUT2D eigenvalue weighted by Gasteiger charge is -2.11. The Morgan fingerprint density at radius 3 is 2.48 bits per heavy atom. The van der Waals surface area contributed by atoms with E-state index in [4.69, 9.17) is 4.74 Å². The van der Waals surface area contributed by atoms with Crippen LogP contribution in [0.2, 0.25) is 0 Å². The number of hydrogen-bond donors (Lipinski definition) is 2. The monoisotopic (exact) mass is 389 g/mol. The molecule has 0 fully saturated rings. The number of anilines is 1. The minimum Gasteiger partial charge on any atom is -0.497 e. The molecule has 2 aromatic carbocycles. The highest BCUT2D eigenvalue weighted by Gasteiger charge is 2.13. The molecule has 2 amide bonds. The molecule has 0 spiro atoms. The molecule has 148 valence electrons. The van der Waals surface area contributed by atoms with Crippen molar-refractivity contribution in [1.29, 1.82) is 0 Å². The van der Waals surface area contributed by atoms with Gasteiger partial charge in [-0.15, -0.1) is 0 Å². The summed E-state index contributed by atoms with van der Waals surface area (Å²) in [6.07, 6.45) is 1.46. The lowest BCUT2D eigenvalue weighted by molar-refractivity contribution is 0.0951. The Labute approximate surface area is 169 Å². The number of aryl methyl sites for hydroxylation is 1. The Morgan fingerprint density at radius 1 is 1.00 bits per heavy atom. The van der Waals surface area contributed by atoms with Gasteiger partial charge >= 0.3 is 0 Å². The molecule has 0 unspecified atom stereocenters. The quantitative estimate of drug-likeness (QED) is 0.670. The molecule has 0 aliphatic carbocycles. The number of methoxy groups -OCH3 is 1. The Morgan fingerprint density at radius 2 is 1.76 bits per heavy atom. The van der Waals surface area contributed by atoms with Crippen LogP contribution in [0.25, 0.3) is 0 Å². The fraction of sp³-hybridized carbons (Fsp3) is 0.174. The van der Waals surface area contributed by atoms with Gasteiger partial charge in [0.15, 0.2) is 0 Å². The summed E-state index contributed by atoms with van der Waals surface area (Å²) in [6.45, 7) is 4.30. The normalized spacial score (nSPS) is 10.3. The third-order valence-electron chi connectivity index (χ3n) is 4.72. The van der Waals surface area contributed by atoms with E-state index in [0.717, 1.165) is 28.1 Å². The molecule has 0 radical (unpaired) electrons. The van der Waals surface area contributed by atoms with Gasteiger partial charge in [0.05, 0.1) is 7.11 Å². The van der Waals surface area contributed by atoms with Crippen molar-refractivity contribution in [2.75, 3.05) is 12.4 Å². The standard InChI is InChI=1S/C23H23N3O3/c1-15-5-4-6-20(16(15)2)26-23(28)21-13-18(11-12-24-21)22(27)25-14-17-7-9-19(29-3)10-8-17/h4-13H,14H2,1-3H3,(H,25,27)(H,26,28). The van der Waals surface area contributed by atoms with Gasteiger partial charge < -0.3 is 15.4 Å². The van der Waals surface area contributed by atoms with Crippen molar-refractivity contribution < 1.29 is 14.3 Å². The first-order chi connectivity index (χ1) is 14.0. The van der Waals surface area contributed by atoms with Crippen molar-refractivity contribution in [2.24, 2.45) is 0 Å². The Kier molecular flexibility index (Phi) is 6.24.